The summed E-state index contributed by atoms with van der Waals surface area (Å²) in [5.41, 5.74) is -1.99. The van der Waals surface area contributed by atoms with Gasteiger partial charge in [-0.2, -0.15) is 21.6 Å². The minimum Gasteiger partial charge on any atom is -0.472 e. The number of imidazole rings is 1. The second-order valence-corrected chi connectivity index (χ2v) is 12.3. The summed E-state index contributed by atoms with van der Waals surface area (Å²) in [4.78, 5) is 18.1. The Bertz CT molecular complexity index is 1640. The average molecular weight is 656 g/mol. The lowest BCUT2D eigenvalue weighted by Gasteiger charge is -2.17. The van der Waals surface area contributed by atoms with E-state index in [0.29, 0.717) is 57.8 Å². The Hall–Kier alpha value is -3.32. The van der Waals surface area contributed by atoms with Crippen LogP contribution in [0.2, 0.25) is 0 Å². The number of hydrogen-bond acceptors (Lipinski definition) is 5. The number of hydrogen-bond donors (Lipinski definition) is 2. The van der Waals surface area contributed by atoms with E-state index in [9.17, 15) is 26.4 Å². The van der Waals surface area contributed by atoms with Crippen LogP contribution in [0.1, 0.15) is 55.3 Å². The summed E-state index contributed by atoms with van der Waals surface area (Å²) in [7, 11) is -5.69. The van der Waals surface area contributed by atoms with Crippen molar-refractivity contribution in [2.45, 2.75) is 52.6 Å². The maximum atomic E-state index is 13.3. The monoisotopic (exact) mass is 654 g/mol. The van der Waals surface area contributed by atoms with Gasteiger partial charge in [0.25, 0.3) is 5.91 Å². The molecule has 4 rings (SSSR count). The van der Waals surface area contributed by atoms with Gasteiger partial charge in [0, 0.05) is 34.1 Å². The number of sulfonamides is 1. The molecule has 2 N–H and O–H groups in total. The fourth-order valence-electron chi connectivity index (χ4n) is 4.82. The minimum absolute atomic E-state index is 0.141. The molecule has 2 aromatic rings. The molecular formula is C28H30BrF3N4O4S. The molecule has 0 saturated heterocycles. The zero-order valence-corrected chi connectivity index (χ0v) is 25.3. The maximum Gasteiger partial charge on any atom is 0.516 e. The molecule has 1 amide bonds. The Morgan fingerprint density at radius 3 is 2.46 bits per heavy atom. The molecule has 1 aliphatic carbocycles. The molecular weight excluding hydrogens is 625 g/mol. The van der Waals surface area contributed by atoms with E-state index in [1.165, 1.54) is 30.7 Å². The van der Waals surface area contributed by atoms with E-state index >= 15 is 0 Å². The Morgan fingerprint density at radius 2 is 1.83 bits per heavy atom. The fourth-order valence-corrected chi connectivity index (χ4v) is 6.16. The highest BCUT2D eigenvalue weighted by Gasteiger charge is 2.46. The van der Waals surface area contributed by atoms with Crippen LogP contribution in [0.5, 0.6) is 0 Å². The number of carbonyl (C=O) groups is 1. The molecule has 0 saturated carbocycles. The first-order valence-electron chi connectivity index (χ1n) is 13.0. The van der Waals surface area contributed by atoms with E-state index in [4.69, 9.17) is 9.40 Å². The number of carbonyl (C=O) groups excluding carboxylic acids is 1. The third-order valence-electron chi connectivity index (χ3n) is 6.52. The maximum absolute atomic E-state index is 13.3. The van der Waals surface area contributed by atoms with E-state index in [2.05, 4.69) is 21.2 Å². The van der Waals surface area contributed by atoms with Gasteiger partial charge in [0.1, 0.15) is 11.5 Å². The van der Waals surface area contributed by atoms with Crippen LogP contribution in [0.3, 0.4) is 0 Å². The Labute approximate surface area is 244 Å². The molecule has 220 valence electrons. The van der Waals surface area contributed by atoms with E-state index in [0.717, 1.165) is 5.56 Å². The smallest absolute Gasteiger partial charge is 0.472 e. The van der Waals surface area contributed by atoms with Gasteiger partial charge in [-0.15, -0.1) is 0 Å². The number of alkyl halides is 3. The van der Waals surface area contributed by atoms with Gasteiger partial charge in [-0.3, -0.25) is 9.52 Å². The van der Waals surface area contributed by atoms with Gasteiger partial charge in [0.2, 0.25) is 0 Å². The Morgan fingerprint density at radius 1 is 1.12 bits per heavy atom. The van der Waals surface area contributed by atoms with Gasteiger partial charge in [-0.05, 0) is 58.5 Å². The van der Waals surface area contributed by atoms with Gasteiger partial charge in [-0.25, -0.2) is 4.98 Å². The number of para-hydroxylation sites is 1. The van der Waals surface area contributed by atoms with Gasteiger partial charge >= 0.3 is 15.5 Å². The van der Waals surface area contributed by atoms with Gasteiger partial charge in [0.15, 0.2) is 0 Å². The molecule has 13 heteroatoms. The standard InChI is InChI=1S/C28H30BrF3N4O4S/c1-5-23-34-22(13-16(3)4)26(27(37)33-6-2)36(23)14-19-17-11-12-40-15-20(17)25(29)24(19)18-9-7-8-10-21(18)35-41(38,39)28(30,31)32/h7-12,15-16,35H,5-6,13-14H2,1-4H3,(H,33,37). The van der Waals surface area contributed by atoms with E-state index in [1.54, 1.807) is 16.9 Å². The van der Waals surface area contributed by atoms with Crippen molar-refractivity contribution in [1.29, 1.82) is 0 Å². The first kappa shape index (κ1) is 30.6. The molecule has 0 unspecified atom stereocenters. The molecule has 0 fully saturated rings. The number of amides is 1. The van der Waals surface area contributed by atoms with Crippen LogP contribution in [-0.2, 0) is 29.4 Å². The van der Waals surface area contributed by atoms with Crippen molar-refractivity contribution in [2.24, 2.45) is 5.92 Å². The quantitative estimate of drug-likeness (QED) is 0.195. The van der Waals surface area contributed by atoms with Crippen molar-refractivity contribution in [3.05, 3.63) is 70.1 Å². The zero-order valence-electron chi connectivity index (χ0n) is 22.9. The topological polar surface area (TPSA) is 106 Å². The van der Waals surface area contributed by atoms with Gasteiger partial charge in [-0.1, -0.05) is 39.0 Å². The highest BCUT2D eigenvalue weighted by Crippen LogP contribution is 2.48. The summed E-state index contributed by atoms with van der Waals surface area (Å²) in [6, 6.07) is 7.59. The largest absolute Gasteiger partial charge is 0.516 e. The molecule has 2 aliphatic rings. The van der Waals surface area contributed by atoms with E-state index in [-0.39, 0.29) is 29.6 Å². The summed E-state index contributed by atoms with van der Waals surface area (Å²) in [5, 5.41) is 2.87. The molecule has 8 nitrogen and oxygen atoms in total. The van der Waals surface area contributed by atoms with Crippen LogP contribution >= 0.6 is 15.9 Å². The summed E-state index contributed by atoms with van der Waals surface area (Å²) in [6.45, 7) is 8.38. The van der Waals surface area contributed by atoms with E-state index < -0.39 is 15.5 Å². The SMILES string of the molecule is CCNC(=O)c1c(CC(C)C)nc(CC)n1Cc1c2ccocc-2c(Br)c1-c1ccccc1NS(=O)(=O)C(F)(F)F. The van der Waals surface area contributed by atoms with Crippen molar-refractivity contribution >= 4 is 37.5 Å². The molecule has 1 aromatic carbocycles. The predicted molar refractivity (Wildman–Crippen MR) is 154 cm³/mol. The van der Waals surface area contributed by atoms with Crippen LogP contribution in [-0.4, -0.2) is 35.9 Å². The molecule has 2 heterocycles. The molecule has 1 aromatic heterocycles. The van der Waals surface area contributed by atoms with Crippen molar-refractivity contribution < 1.29 is 30.8 Å². The Balaban J connectivity index is 1.98. The summed E-state index contributed by atoms with van der Waals surface area (Å²) < 4.78 is 73.5. The first-order chi connectivity index (χ1) is 19.3. The van der Waals surface area contributed by atoms with Gasteiger partial charge in [0.05, 0.1) is 30.5 Å². The van der Waals surface area contributed by atoms with Crippen LogP contribution in [0, 0.1) is 5.92 Å². The summed E-state index contributed by atoms with van der Waals surface area (Å²) in [5.74, 6) is 0.626. The minimum atomic E-state index is -5.69. The second kappa shape index (κ2) is 11.9. The van der Waals surface area contributed by atoms with E-state index in [1.807, 2.05) is 32.3 Å². The molecule has 1 aliphatic heterocycles. The zero-order chi connectivity index (χ0) is 30.1. The number of fused-ring (bicyclic) bond motifs is 1. The highest BCUT2D eigenvalue weighted by atomic mass is 79.9. The van der Waals surface area contributed by atoms with Crippen LogP contribution < -0.4 is 10.0 Å². The average Bonchev–Trinajstić information content (AvgIpc) is 3.38. The lowest BCUT2D eigenvalue weighted by molar-refractivity contribution is -0.0429. The van der Waals surface area contributed by atoms with Crippen LogP contribution in [0.15, 0.2) is 51.7 Å². The van der Waals surface area contributed by atoms with Crippen LogP contribution in [0.4, 0.5) is 18.9 Å². The number of rotatable bonds is 10. The normalized spacial score (nSPS) is 12.3. The number of aromatic nitrogens is 2. The molecule has 0 atom stereocenters. The lowest BCUT2D eigenvalue weighted by atomic mass is 10.0. The van der Waals surface area contributed by atoms with Crippen molar-refractivity contribution in [3.63, 3.8) is 0 Å². The Kier molecular flexibility index (Phi) is 8.88. The molecule has 41 heavy (non-hydrogen) atoms. The van der Waals surface area contributed by atoms with Crippen molar-refractivity contribution in [2.75, 3.05) is 11.3 Å². The number of nitrogens with one attached hydrogen (secondary N) is 2. The second-order valence-electron chi connectivity index (χ2n) is 9.87. The summed E-state index contributed by atoms with van der Waals surface area (Å²) >= 11 is 3.59. The molecule has 0 radical (unpaired) electrons. The number of nitrogens with zero attached hydrogens (tertiary/aromatic N) is 2. The fraction of sp³-hybridized carbons (Fsp3) is 0.357. The van der Waals surface area contributed by atoms with Gasteiger partial charge < -0.3 is 14.3 Å². The first-order valence-corrected chi connectivity index (χ1v) is 15.3. The van der Waals surface area contributed by atoms with Crippen molar-refractivity contribution in [1.82, 2.24) is 14.9 Å². The molecule has 0 bridgehead atoms. The predicted octanol–water partition coefficient (Wildman–Crippen LogP) is 6.83. The third-order valence-corrected chi connectivity index (χ3v) is 8.44. The number of halogens is 4. The van der Waals surface area contributed by atoms with Crippen molar-refractivity contribution in [3.8, 4) is 22.3 Å². The van der Waals surface area contributed by atoms with Crippen LogP contribution in [0.25, 0.3) is 22.3 Å². The number of benzene rings is 1. The number of aryl methyl sites for hydroxylation is 1. The summed E-state index contributed by atoms with van der Waals surface area (Å²) in [6.07, 6.45) is 4.07. The number of anilines is 1. The lowest BCUT2D eigenvalue weighted by Crippen LogP contribution is -2.30. The highest BCUT2D eigenvalue weighted by molar-refractivity contribution is 9.10. The third kappa shape index (κ3) is 6.01. The molecule has 0 spiro atoms.